The molecule has 0 amide bonds. The number of hydrogen-bond acceptors (Lipinski definition) is 2. The van der Waals surface area contributed by atoms with Gasteiger partial charge in [-0.2, -0.15) is 0 Å². The molecule has 86 valence electrons. The first kappa shape index (κ1) is 11.6. The molecule has 0 aliphatic carbocycles. The molecule has 1 aliphatic heterocycles. The van der Waals surface area contributed by atoms with Crippen molar-refractivity contribution in [2.45, 2.75) is 19.4 Å². The number of halogens is 2. The van der Waals surface area contributed by atoms with Crippen LogP contribution in [-0.4, -0.2) is 23.8 Å². The Labute approximate surface area is 99.0 Å². The maximum absolute atomic E-state index is 13.2. The van der Waals surface area contributed by atoms with E-state index in [1.54, 1.807) is 12.1 Å². The zero-order valence-corrected chi connectivity index (χ0v) is 9.63. The molecule has 0 atom stereocenters. The van der Waals surface area contributed by atoms with Gasteiger partial charge in [0.05, 0.1) is 11.6 Å². The van der Waals surface area contributed by atoms with E-state index in [4.69, 9.17) is 11.6 Å². The average Bonchev–Trinajstić information content (AvgIpc) is 2.25. The zero-order valence-electron chi connectivity index (χ0n) is 8.88. The molecular formula is C12H13ClFNO. The molecule has 0 spiro atoms. The molecule has 1 fully saturated rings. The first-order chi connectivity index (χ1) is 7.66. The van der Waals surface area contributed by atoms with Crippen LogP contribution >= 0.6 is 11.6 Å². The van der Waals surface area contributed by atoms with Gasteiger partial charge in [-0.25, -0.2) is 4.39 Å². The van der Waals surface area contributed by atoms with E-state index >= 15 is 0 Å². The summed E-state index contributed by atoms with van der Waals surface area (Å²) in [6.45, 7) is 1.87. The van der Waals surface area contributed by atoms with E-state index in [-0.39, 0.29) is 10.8 Å². The van der Waals surface area contributed by atoms with Crippen molar-refractivity contribution >= 4 is 17.4 Å². The number of benzene rings is 1. The maximum Gasteiger partial charge on any atom is 0.146 e. The van der Waals surface area contributed by atoms with Crippen LogP contribution in [0, 0.1) is 5.82 Å². The Morgan fingerprint density at radius 2 is 2.25 bits per heavy atom. The maximum atomic E-state index is 13.2. The summed E-state index contributed by atoms with van der Waals surface area (Å²) in [6, 6.07) is 4.78. The van der Waals surface area contributed by atoms with Crippen LogP contribution in [0.3, 0.4) is 0 Å². The minimum Gasteiger partial charge on any atom is -0.298 e. The third-order valence-electron chi connectivity index (χ3n) is 2.76. The number of piperidine rings is 1. The lowest BCUT2D eigenvalue weighted by atomic mass is 10.1. The predicted octanol–water partition coefficient (Wildman–Crippen LogP) is 2.64. The lowest BCUT2D eigenvalue weighted by Gasteiger charge is -2.25. The molecule has 1 aliphatic rings. The van der Waals surface area contributed by atoms with Gasteiger partial charge in [-0.05, 0) is 24.6 Å². The van der Waals surface area contributed by atoms with Gasteiger partial charge in [0.15, 0.2) is 0 Å². The monoisotopic (exact) mass is 241 g/mol. The van der Waals surface area contributed by atoms with Crippen LogP contribution in [0.15, 0.2) is 18.2 Å². The van der Waals surface area contributed by atoms with Crippen LogP contribution < -0.4 is 0 Å². The van der Waals surface area contributed by atoms with Crippen LogP contribution in [0.1, 0.15) is 18.4 Å². The summed E-state index contributed by atoms with van der Waals surface area (Å²) in [7, 11) is 0. The summed E-state index contributed by atoms with van der Waals surface area (Å²) < 4.78 is 13.2. The minimum atomic E-state index is -0.400. The number of likely N-dealkylation sites (tertiary alicyclic amines) is 1. The molecule has 0 unspecified atom stereocenters. The molecule has 0 N–H and O–H groups in total. The van der Waals surface area contributed by atoms with Crippen LogP contribution in [0.4, 0.5) is 4.39 Å². The molecule has 0 bridgehead atoms. The fraction of sp³-hybridized carbons (Fsp3) is 0.417. The van der Waals surface area contributed by atoms with Crippen molar-refractivity contribution in [3.05, 3.63) is 34.6 Å². The van der Waals surface area contributed by atoms with E-state index in [2.05, 4.69) is 0 Å². The molecule has 1 aromatic carbocycles. The molecule has 4 heteroatoms. The van der Waals surface area contributed by atoms with Gasteiger partial charge in [-0.15, -0.1) is 0 Å². The standard InChI is InChI=1S/C12H13ClFNO/c13-12-9(3-1-5-11(12)14)7-15-6-2-4-10(16)8-15/h1,3,5H,2,4,6-8H2. The Morgan fingerprint density at radius 1 is 1.44 bits per heavy atom. The van der Waals surface area contributed by atoms with Gasteiger partial charge in [-0.1, -0.05) is 23.7 Å². The van der Waals surface area contributed by atoms with Gasteiger partial charge >= 0.3 is 0 Å². The lowest BCUT2D eigenvalue weighted by molar-refractivity contribution is -0.122. The summed E-state index contributed by atoms with van der Waals surface area (Å²) in [5, 5.41) is 0.167. The van der Waals surface area contributed by atoms with E-state index in [1.165, 1.54) is 6.07 Å². The molecule has 0 saturated carbocycles. The number of hydrogen-bond donors (Lipinski definition) is 0. The summed E-state index contributed by atoms with van der Waals surface area (Å²) >= 11 is 5.86. The van der Waals surface area contributed by atoms with Crippen molar-refractivity contribution in [2.75, 3.05) is 13.1 Å². The molecule has 2 rings (SSSR count). The Morgan fingerprint density at radius 3 is 3.00 bits per heavy atom. The van der Waals surface area contributed by atoms with E-state index < -0.39 is 5.82 Å². The molecule has 1 aromatic rings. The molecule has 1 saturated heterocycles. The fourth-order valence-corrected chi connectivity index (χ4v) is 2.14. The topological polar surface area (TPSA) is 20.3 Å². The Hall–Kier alpha value is -0.930. The number of carbonyl (C=O) groups is 1. The van der Waals surface area contributed by atoms with Crippen molar-refractivity contribution in [3.8, 4) is 0 Å². The second-order valence-electron chi connectivity index (χ2n) is 4.07. The first-order valence-corrected chi connectivity index (χ1v) is 5.71. The summed E-state index contributed by atoms with van der Waals surface area (Å²) in [6.07, 6.45) is 1.54. The zero-order chi connectivity index (χ0) is 11.5. The van der Waals surface area contributed by atoms with Gasteiger partial charge < -0.3 is 0 Å². The van der Waals surface area contributed by atoms with Crippen molar-refractivity contribution in [2.24, 2.45) is 0 Å². The SMILES string of the molecule is O=C1CCCN(Cc2cccc(F)c2Cl)C1. The van der Waals surface area contributed by atoms with Gasteiger partial charge in [0, 0.05) is 13.0 Å². The third kappa shape index (κ3) is 2.60. The lowest BCUT2D eigenvalue weighted by Crippen LogP contribution is -2.35. The van der Waals surface area contributed by atoms with Crippen LogP contribution in [0.25, 0.3) is 0 Å². The highest BCUT2D eigenvalue weighted by Crippen LogP contribution is 2.22. The number of Topliss-reactive ketones (excluding diaryl/α,β-unsaturated/α-hetero) is 1. The normalized spacial score (nSPS) is 17.8. The highest BCUT2D eigenvalue weighted by atomic mass is 35.5. The summed E-state index contributed by atoms with van der Waals surface area (Å²) in [5.74, 6) is -0.152. The Kier molecular flexibility index (Phi) is 3.56. The first-order valence-electron chi connectivity index (χ1n) is 5.34. The highest BCUT2D eigenvalue weighted by Gasteiger charge is 2.18. The third-order valence-corrected chi connectivity index (χ3v) is 3.18. The largest absolute Gasteiger partial charge is 0.298 e. The summed E-state index contributed by atoms with van der Waals surface area (Å²) in [5.41, 5.74) is 0.747. The van der Waals surface area contributed by atoms with Gasteiger partial charge in [0.1, 0.15) is 11.6 Å². The predicted molar refractivity (Wildman–Crippen MR) is 60.9 cm³/mol. The van der Waals surface area contributed by atoms with Crippen LogP contribution in [0.2, 0.25) is 5.02 Å². The summed E-state index contributed by atoms with van der Waals surface area (Å²) in [4.78, 5) is 13.3. The van der Waals surface area contributed by atoms with Crippen LogP contribution in [0.5, 0.6) is 0 Å². The molecule has 1 heterocycles. The molecular weight excluding hydrogens is 229 g/mol. The molecule has 0 aromatic heterocycles. The van der Waals surface area contributed by atoms with Crippen LogP contribution in [-0.2, 0) is 11.3 Å². The van der Waals surface area contributed by atoms with E-state index in [1.807, 2.05) is 4.90 Å². The van der Waals surface area contributed by atoms with Gasteiger partial charge in [0.25, 0.3) is 0 Å². The number of rotatable bonds is 2. The van der Waals surface area contributed by atoms with Gasteiger partial charge in [-0.3, -0.25) is 9.69 Å². The van der Waals surface area contributed by atoms with E-state index in [0.717, 1.165) is 18.5 Å². The van der Waals surface area contributed by atoms with E-state index in [9.17, 15) is 9.18 Å². The number of ketones is 1. The number of carbonyl (C=O) groups excluding carboxylic acids is 1. The number of nitrogens with zero attached hydrogens (tertiary/aromatic N) is 1. The highest BCUT2D eigenvalue weighted by molar-refractivity contribution is 6.31. The Bertz CT molecular complexity index is 408. The fourth-order valence-electron chi connectivity index (χ4n) is 1.95. The van der Waals surface area contributed by atoms with E-state index in [0.29, 0.717) is 19.5 Å². The molecule has 2 nitrogen and oxygen atoms in total. The average molecular weight is 242 g/mol. The smallest absolute Gasteiger partial charge is 0.146 e. The van der Waals surface area contributed by atoms with Crippen molar-refractivity contribution in [1.82, 2.24) is 4.90 Å². The minimum absolute atomic E-state index is 0.167. The quantitative estimate of drug-likeness (QED) is 0.794. The second-order valence-corrected chi connectivity index (χ2v) is 4.44. The van der Waals surface area contributed by atoms with Crippen molar-refractivity contribution < 1.29 is 9.18 Å². The second kappa shape index (κ2) is 4.93. The Balaban J connectivity index is 2.08. The molecule has 16 heavy (non-hydrogen) atoms. The van der Waals surface area contributed by atoms with Gasteiger partial charge in [0.2, 0.25) is 0 Å². The molecule has 0 radical (unpaired) electrons. The van der Waals surface area contributed by atoms with Crippen molar-refractivity contribution in [3.63, 3.8) is 0 Å². The van der Waals surface area contributed by atoms with Crippen molar-refractivity contribution in [1.29, 1.82) is 0 Å².